The Bertz CT molecular complexity index is 1400. The van der Waals surface area contributed by atoms with E-state index in [1.54, 1.807) is 0 Å². The number of thiocarbonyl (C=S) groups is 1. The third-order valence-electron chi connectivity index (χ3n) is 5.57. The number of ether oxygens (including phenoxy) is 1. The molecule has 0 saturated carbocycles. The number of nitrogens with zero attached hydrogens (tertiary/aromatic N) is 2. The van der Waals surface area contributed by atoms with Gasteiger partial charge in [-0.3, -0.25) is 4.68 Å². The van der Waals surface area contributed by atoms with E-state index in [4.69, 9.17) is 17.0 Å². The van der Waals surface area contributed by atoms with Gasteiger partial charge >= 0.3 is 5.97 Å². The lowest BCUT2D eigenvalue weighted by Crippen LogP contribution is -2.20. The van der Waals surface area contributed by atoms with Crippen LogP contribution < -0.4 is 10.6 Å². The molecule has 0 atom stereocenters. The van der Waals surface area contributed by atoms with E-state index in [0.717, 1.165) is 43.1 Å². The minimum atomic E-state index is -0.406. The number of carbonyl (C=O) groups is 1. The molecule has 9 heteroatoms. The molecule has 0 unspecified atom stereocenters. The van der Waals surface area contributed by atoms with Crippen molar-refractivity contribution in [2.24, 2.45) is 0 Å². The molecule has 35 heavy (non-hydrogen) atoms. The van der Waals surface area contributed by atoms with Gasteiger partial charge in [0, 0.05) is 16.1 Å². The van der Waals surface area contributed by atoms with Crippen LogP contribution >= 0.6 is 39.5 Å². The monoisotopic (exact) mass is 568 g/mol. The summed E-state index contributed by atoms with van der Waals surface area (Å²) in [5.74, 6) is -0.406. The Labute approximate surface area is 222 Å². The van der Waals surface area contributed by atoms with Crippen LogP contribution in [0.25, 0.3) is 11.1 Å². The molecule has 0 radical (unpaired) electrons. The van der Waals surface area contributed by atoms with E-state index < -0.39 is 5.97 Å². The van der Waals surface area contributed by atoms with Crippen molar-refractivity contribution >= 4 is 61.3 Å². The second kappa shape index (κ2) is 10.7. The number of methoxy groups -OCH3 is 1. The van der Waals surface area contributed by atoms with Crippen LogP contribution in [0.2, 0.25) is 0 Å². The number of aromatic nitrogens is 2. The van der Waals surface area contributed by atoms with Gasteiger partial charge < -0.3 is 15.4 Å². The Morgan fingerprint density at radius 3 is 2.51 bits per heavy atom. The third kappa shape index (κ3) is 5.47. The maximum absolute atomic E-state index is 12.7. The number of halogens is 1. The lowest BCUT2D eigenvalue weighted by atomic mass is 10.0. The third-order valence-corrected chi connectivity index (χ3v) is 7.95. The molecule has 0 aliphatic heterocycles. The molecule has 0 aliphatic carbocycles. The van der Waals surface area contributed by atoms with Gasteiger partial charge in [-0.2, -0.15) is 5.10 Å². The van der Waals surface area contributed by atoms with Crippen LogP contribution in [0.3, 0.4) is 0 Å². The zero-order valence-corrected chi connectivity index (χ0v) is 23.0. The number of esters is 1. The molecule has 0 bridgehead atoms. The van der Waals surface area contributed by atoms with Crippen molar-refractivity contribution < 1.29 is 9.53 Å². The van der Waals surface area contributed by atoms with E-state index in [2.05, 4.69) is 37.7 Å². The van der Waals surface area contributed by atoms with Crippen molar-refractivity contribution in [1.82, 2.24) is 9.78 Å². The summed E-state index contributed by atoms with van der Waals surface area (Å²) < 4.78 is 8.09. The molecule has 6 nitrogen and oxygen atoms in total. The molecular formula is C26H25BrN4O2S2. The highest BCUT2D eigenvalue weighted by molar-refractivity contribution is 9.10. The molecule has 2 N–H and O–H groups in total. The molecule has 2 aromatic heterocycles. The standard InChI is InChI=1S/C26H25BrN4O2S2/c1-15-23(27)16(2)31(30-15)14-18-9-8-12-20(13-18)28-26(34)29-24-22(25(32)33-4)21(17(3)35-24)19-10-6-5-7-11-19/h5-13H,14H2,1-4H3,(H2,28,29,34). The predicted octanol–water partition coefficient (Wildman–Crippen LogP) is 6.94. The summed E-state index contributed by atoms with van der Waals surface area (Å²) in [6.07, 6.45) is 0. The topological polar surface area (TPSA) is 68.2 Å². The number of carbonyl (C=O) groups excluding carboxylic acids is 1. The molecule has 0 saturated heterocycles. The van der Waals surface area contributed by atoms with Gasteiger partial charge in [0.05, 0.1) is 29.5 Å². The highest BCUT2D eigenvalue weighted by Gasteiger charge is 2.24. The molecule has 2 aromatic carbocycles. The fraction of sp³-hybridized carbons (Fsp3) is 0.192. The number of thiophene rings is 1. The Hall–Kier alpha value is -3.01. The lowest BCUT2D eigenvalue weighted by Gasteiger charge is -2.13. The van der Waals surface area contributed by atoms with Gasteiger partial charge in [0.15, 0.2) is 5.11 Å². The summed E-state index contributed by atoms with van der Waals surface area (Å²) in [7, 11) is 1.39. The number of benzene rings is 2. The number of nitrogens with one attached hydrogen (secondary N) is 2. The van der Waals surface area contributed by atoms with Crippen LogP contribution in [0.5, 0.6) is 0 Å². The average Bonchev–Trinajstić information content (AvgIpc) is 3.29. The maximum Gasteiger partial charge on any atom is 0.341 e. The summed E-state index contributed by atoms with van der Waals surface area (Å²) in [4.78, 5) is 13.7. The quantitative estimate of drug-likeness (QED) is 0.194. The Balaban J connectivity index is 1.55. The Kier molecular flexibility index (Phi) is 7.69. The average molecular weight is 570 g/mol. The number of rotatable bonds is 6. The molecule has 2 heterocycles. The van der Waals surface area contributed by atoms with Crippen molar-refractivity contribution in [2.45, 2.75) is 27.3 Å². The summed E-state index contributed by atoms with van der Waals surface area (Å²) in [5, 5.41) is 12.1. The van der Waals surface area contributed by atoms with Crippen LogP contribution in [0, 0.1) is 20.8 Å². The van der Waals surface area contributed by atoms with E-state index in [1.807, 2.05) is 74.0 Å². The summed E-state index contributed by atoms with van der Waals surface area (Å²) in [5.41, 5.74) is 6.26. The SMILES string of the molecule is COC(=O)c1c(NC(=S)Nc2cccc(Cn3nc(C)c(Br)c3C)c2)sc(C)c1-c1ccccc1. The van der Waals surface area contributed by atoms with Gasteiger partial charge in [-0.1, -0.05) is 42.5 Å². The van der Waals surface area contributed by atoms with E-state index in [-0.39, 0.29) is 0 Å². The van der Waals surface area contributed by atoms with Gasteiger partial charge in [0.1, 0.15) is 10.6 Å². The zero-order valence-electron chi connectivity index (χ0n) is 19.8. The summed E-state index contributed by atoms with van der Waals surface area (Å²) in [6.45, 7) is 6.65. The minimum Gasteiger partial charge on any atom is -0.465 e. The van der Waals surface area contributed by atoms with Crippen molar-refractivity contribution in [3.8, 4) is 11.1 Å². The second-order valence-corrected chi connectivity index (χ2v) is 10.4. The summed E-state index contributed by atoms with van der Waals surface area (Å²) >= 11 is 10.6. The van der Waals surface area contributed by atoms with E-state index in [0.29, 0.717) is 22.2 Å². The van der Waals surface area contributed by atoms with Crippen molar-refractivity contribution in [3.05, 3.63) is 86.5 Å². The molecule has 0 amide bonds. The first-order chi connectivity index (χ1) is 16.8. The van der Waals surface area contributed by atoms with Crippen molar-refractivity contribution in [1.29, 1.82) is 0 Å². The van der Waals surface area contributed by atoms with Crippen molar-refractivity contribution in [2.75, 3.05) is 17.7 Å². The smallest absolute Gasteiger partial charge is 0.341 e. The number of aryl methyl sites for hydroxylation is 2. The number of hydrogen-bond acceptors (Lipinski definition) is 5. The van der Waals surface area contributed by atoms with Crippen LogP contribution in [0.15, 0.2) is 59.1 Å². The number of hydrogen-bond donors (Lipinski definition) is 2. The van der Waals surface area contributed by atoms with Crippen LogP contribution in [-0.4, -0.2) is 28.0 Å². The predicted molar refractivity (Wildman–Crippen MR) is 151 cm³/mol. The van der Waals surface area contributed by atoms with Gasteiger partial charge in [0.2, 0.25) is 0 Å². The van der Waals surface area contributed by atoms with Gasteiger partial charge in [-0.15, -0.1) is 11.3 Å². The molecule has 0 aliphatic rings. The van der Waals surface area contributed by atoms with Gasteiger partial charge in [0.25, 0.3) is 0 Å². The van der Waals surface area contributed by atoms with Crippen molar-refractivity contribution in [3.63, 3.8) is 0 Å². The zero-order chi connectivity index (χ0) is 25.1. The molecule has 0 spiro atoms. The molecule has 180 valence electrons. The van der Waals surface area contributed by atoms with Crippen LogP contribution in [0.1, 0.15) is 32.2 Å². The fourth-order valence-electron chi connectivity index (χ4n) is 3.90. The fourth-order valence-corrected chi connectivity index (χ4v) is 5.53. The van der Waals surface area contributed by atoms with Gasteiger partial charge in [-0.25, -0.2) is 4.79 Å². The minimum absolute atomic E-state index is 0.391. The first kappa shape index (κ1) is 25.1. The lowest BCUT2D eigenvalue weighted by molar-refractivity contribution is 0.0603. The first-order valence-corrected chi connectivity index (χ1v) is 12.9. The van der Waals surface area contributed by atoms with E-state index in [9.17, 15) is 4.79 Å². The Morgan fingerprint density at radius 1 is 1.11 bits per heavy atom. The molecule has 4 aromatic rings. The largest absolute Gasteiger partial charge is 0.465 e. The van der Waals surface area contributed by atoms with Crippen LogP contribution in [-0.2, 0) is 11.3 Å². The molecule has 4 rings (SSSR count). The molecular weight excluding hydrogens is 544 g/mol. The molecule has 0 fully saturated rings. The normalized spacial score (nSPS) is 10.8. The summed E-state index contributed by atoms with van der Waals surface area (Å²) in [6, 6.07) is 17.8. The second-order valence-electron chi connectivity index (χ2n) is 8.02. The van der Waals surface area contributed by atoms with Gasteiger partial charge in [-0.05, 0) is 72.2 Å². The highest BCUT2D eigenvalue weighted by atomic mass is 79.9. The maximum atomic E-state index is 12.7. The van der Waals surface area contributed by atoms with E-state index in [1.165, 1.54) is 18.4 Å². The highest BCUT2D eigenvalue weighted by Crippen LogP contribution is 2.40. The Morgan fingerprint density at radius 2 is 1.86 bits per heavy atom. The first-order valence-electron chi connectivity index (χ1n) is 10.9. The van der Waals surface area contributed by atoms with E-state index >= 15 is 0 Å². The number of anilines is 2. The van der Waals surface area contributed by atoms with Crippen LogP contribution in [0.4, 0.5) is 10.7 Å².